The van der Waals surface area contributed by atoms with E-state index in [-0.39, 0.29) is 11.4 Å². The molecule has 7 heteroatoms. The van der Waals surface area contributed by atoms with Crippen LogP contribution in [-0.4, -0.2) is 45.9 Å². The van der Waals surface area contributed by atoms with Gasteiger partial charge >= 0.3 is 0 Å². The fourth-order valence-electron chi connectivity index (χ4n) is 4.84. The summed E-state index contributed by atoms with van der Waals surface area (Å²) >= 11 is 1.71. The molecule has 1 spiro atoms. The van der Waals surface area contributed by atoms with E-state index < -0.39 is 0 Å². The monoisotopic (exact) mass is 396 g/mol. The summed E-state index contributed by atoms with van der Waals surface area (Å²) in [5.41, 5.74) is 1.11. The third kappa shape index (κ3) is 2.89. The summed E-state index contributed by atoms with van der Waals surface area (Å²) in [7, 11) is 0. The van der Waals surface area contributed by atoms with Crippen LogP contribution in [0.1, 0.15) is 48.4 Å². The Kier molecular flexibility index (Phi) is 4.34. The highest BCUT2D eigenvalue weighted by molar-refractivity contribution is 7.17. The van der Waals surface area contributed by atoms with E-state index in [9.17, 15) is 4.79 Å². The molecule has 5 rings (SSSR count). The van der Waals surface area contributed by atoms with Gasteiger partial charge in [0.2, 0.25) is 0 Å². The molecule has 0 radical (unpaired) electrons. The molecule has 3 aromatic heterocycles. The third-order valence-electron chi connectivity index (χ3n) is 6.23. The molecule has 5 heterocycles. The Labute approximate surface area is 168 Å². The minimum atomic E-state index is 0.0115. The minimum absolute atomic E-state index is 0.0115. The zero-order valence-corrected chi connectivity index (χ0v) is 16.9. The Balaban J connectivity index is 1.41. The van der Waals surface area contributed by atoms with Crippen molar-refractivity contribution in [3.63, 3.8) is 0 Å². The standard InChI is InChI=1S/C21H24N4O2S/c1-15-4-5-17(27-15)20(26)24-10-2-7-21(9-12-24)8-3-11-25(21)19-18-16(6-13-28-18)22-14-23-19/h4-6,13-14H,2-3,7-12H2,1H3/t21-/m1/s1. The Hall–Kier alpha value is -2.41. The molecular weight excluding hydrogens is 372 g/mol. The number of anilines is 1. The van der Waals surface area contributed by atoms with E-state index in [1.54, 1.807) is 23.7 Å². The van der Waals surface area contributed by atoms with Crippen LogP contribution < -0.4 is 4.90 Å². The zero-order valence-electron chi connectivity index (χ0n) is 16.1. The number of fused-ring (bicyclic) bond motifs is 1. The number of furan rings is 1. The Morgan fingerprint density at radius 3 is 2.79 bits per heavy atom. The molecule has 0 unspecified atom stereocenters. The maximum absolute atomic E-state index is 12.9. The van der Waals surface area contributed by atoms with E-state index in [1.807, 2.05) is 17.9 Å². The number of rotatable bonds is 2. The van der Waals surface area contributed by atoms with Crippen molar-refractivity contribution in [3.8, 4) is 0 Å². The molecule has 3 aromatic rings. The quantitative estimate of drug-likeness (QED) is 0.648. The minimum Gasteiger partial charge on any atom is -0.456 e. The number of aryl methyl sites for hydroxylation is 1. The average molecular weight is 397 g/mol. The number of aromatic nitrogens is 2. The Morgan fingerprint density at radius 2 is 1.96 bits per heavy atom. The first-order valence-electron chi connectivity index (χ1n) is 9.98. The second-order valence-electron chi connectivity index (χ2n) is 7.87. The molecule has 0 N–H and O–H groups in total. The predicted molar refractivity (Wildman–Crippen MR) is 110 cm³/mol. The normalized spacial score (nSPS) is 22.9. The van der Waals surface area contributed by atoms with Crippen molar-refractivity contribution in [2.45, 2.75) is 44.6 Å². The van der Waals surface area contributed by atoms with Crippen LogP contribution in [0.2, 0.25) is 0 Å². The maximum Gasteiger partial charge on any atom is 0.289 e. The summed E-state index contributed by atoms with van der Waals surface area (Å²) in [6.07, 6.45) is 7.07. The van der Waals surface area contributed by atoms with Crippen LogP contribution in [0.5, 0.6) is 0 Å². The van der Waals surface area contributed by atoms with Crippen molar-refractivity contribution < 1.29 is 9.21 Å². The van der Waals surface area contributed by atoms with Gasteiger partial charge < -0.3 is 14.2 Å². The average Bonchev–Trinajstić information content (AvgIpc) is 3.40. The van der Waals surface area contributed by atoms with Gasteiger partial charge in [-0.25, -0.2) is 9.97 Å². The lowest BCUT2D eigenvalue weighted by molar-refractivity contribution is 0.0726. The van der Waals surface area contributed by atoms with Gasteiger partial charge in [-0.2, -0.15) is 0 Å². The van der Waals surface area contributed by atoms with E-state index >= 15 is 0 Å². The predicted octanol–water partition coefficient (Wildman–Crippen LogP) is 4.26. The number of carbonyl (C=O) groups excluding carboxylic acids is 1. The number of carbonyl (C=O) groups is 1. The Bertz CT molecular complexity index is 1010. The third-order valence-corrected chi connectivity index (χ3v) is 7.13. The molecule has 28 heavy (non-hydrogen) atoms. The van der Waals surface area contributed by atoms with Gasteiger partial charge in [-0.1, -0.05) is 0 Å². The number of hydrogen-bond acceptors (Lipinski definition) is 6. The first-order chi connectivity index (χ1) is 13.7. The highest BCUT2D eigenvalue weighted by atomic mass is 32.1. The number of thiophene rings is 1. The molecule has 2 fully saturated rings. The first kappa shape index (κ1) is 17.7. The second kappa shape index (κ2) is 6.88. The van der Waals surface area contributed by atoms with Crippen LogP contribution >= 0.6 is 11.3 Å². The molecular formula is C21H24N4O2S. The number of hydrogen-bond donors (Lipinski definition) is 0. The van der Waals surface area contributed by atoms with Gasteiger partial charge in [-0.05, 0) is 62.6 Å². The van der Waals surface area contributed by atoms with E-state index in [2.05, 4.69) is 26.3 Å². The molecule has 146 valence electrons. The fourth-order valence-corrected chi connectivity index (χ4v) is 5.69. The van der Waals surface area contributed by atoms with Crippen LogP contribution in [0, 0.1) is 6.92 Å². The van der Waals surface area contributed by atoms with Crippen molar-refractivity contribution in [2.75, 3.05) is 24.5 Å². The molecule has 0 aliphatic carbocycles. The molecule has 2 saturated heterocycles. The van der Waals surface area contributed by atoms with Gasteiger partial charge in [0.1, 0.15) is 17.9 Å². The van der Waals surface area contributed by atoms with E-state index in [0.29, 0.717) is 5.76 Å². The van der Waals surface area contributed by atoms with Crippen LogP contribution in [0.25, 0.3) is 10.2 Å². The zero-order chi connectivity index (χ0) is 19.1. The lowest BCUT2D eigenvalue weighted by atomic mass is 9.87. The van der Waals surface area contributed by atoms with E-state index in [0.717, 1.165) is 62.4 Å². The summed E-state index contributed by atoms with van der Waals surface area (Å²) in [6.45, 7) is 4.44. The van der Waals surface area contributed by atoms with Crippen molar-refractivity contribution in [3.05, 3.63) is 41.4 Å². The second-order valence-corrected chi connectivity index (χ2v) is 8.78. The van der Waals surface area contributed by atoms with Crippen molar-refractivity contribution >= 4 is 33.3 Å². The van der Waals surface area contributed by atoms with Gasteiger partial charge in [0.25, 0.3) is 5.91 Å². The van der Waals surface area contributed by atoms with Crippen LogP contribution in [0.15, 0.2) is 34.3 Å². The first-order valence-corrected chi connectivity index (χ1v) is 10.9. The molecule has 6 nitrogen and oxygen atoms in total. The van der Waals surface area contributed by atoms with Crippen molar-refractivity contribution in [1.82, 2.24) is 14.9 Å². The summed E-state index contributed by atoms with van der Waals surface area (Å²) < 4.78 is 6.74. The smallest absolute Gasteiger partial charge is 0.289 e. The summed E-state index contributed by atoms with van der Waals surface area (Å²) in [5, 5.41) is 2.09. The molecule has 1 atom stereocenters. The number of nitrogens with zero attached hydrogens (tertiary/aromatic N) is 4. The maximum atomic E-state index is 12.9. The van der Waals surface area contributed by atoms with Crippen molar-refractivity contribution in [2.24, 2.45) is 0 Å². The summed E-state index contributed by atoms with van der Waals surface area (Å²) in [6, 6.07) is 5.70. The topological polar surface area (TPSA) is 62.5 Å². The van der Waals surface area contributed by atoms with Gasteiger partial charge in [0.15, 0.2) is 5.76 Å². The summed E-state index contributed by atoms with van der Waals surface area (Å²) in [4.78, 5) is 26.4. The van der Waals surface area contributed by atoms with Crippen LogP contribution in [0.3, 0.4) is 0 Å². The highest BCUT2D eigenvalue weighted by Gasteiger charge is 2.43. The molecule has 2 aliphatic heterocycles. The number of amides is 1. The molecule has 0 saturated carbocycles. The lowest BCUT2D eigenvalue weighted by Crippen LogP contribution is -2.45. The van der Waals surface area contributed by atoms with Crippen LogP contribution in [0.4, 0.5) is 5.82 Å². The molecule has 0 bridgehead atoms. The summed E-state index contributed by atoms with van der Waals surface area (Å²) in [5.74, 6) is 2.31. The number of likely N-dealkylation sites (tertiary alicyclic amines) is 1. The Morgan fingerprint density at radius 1 is 1.11 bits per heavy atom. The van der Waals surface area contributed by atoms with E-state index in [1.165, 1.54) is 11.1 Å². The van der Waals surface area contributed by atoms with E-state index in [4.69, 9.17) is 4.42 Å². The van der Waals surface area contributed by atoms with Crippen LogP contribution in [-0.2, 0) is 0 Å². The van der Waals surface area contributed by atoms with Gasteiger partial charge in [0, 0.05) is 25.2 Å². The van der Waals surface area contributed by atoms with Gasteiger partial charge in [0.05, 0.1) is 10.2 Å². The molecule has 2 aliphatic rings. The lowest BCUT2D eigenvalue weighted by Gasteiger charge is -2.39. The van der Waals surface area contributed by atoms with Gasteiger partial charge in [-0.15, -0.1) is 11.3 Å². The molecule has 0 aromatic carbocycles. The molecule has 1 amide bonds. The SMILES string of the molecule is Cc1ccc(C(=O)N2CCC[C@@]3(CCCN3c3ncnc4ccsc34)CC2)o1. The largest absolute Gasteiger partial charge is 0.456 e. The fraction of sp³-hybridized carbons (Fsp3) is 0.476. The highest BCUT2D eigenvalue weighted by Crippen LogP contribution is 2.43. The van der Waals surface area contributed by atoms with Gasteiger partial charge in [-0.3, -0.25) is 4.79 Å². The van der Waals surface area contributed by atoms with Crippen molar-refractivity contribution in [1.29, 1.82) is 0 Å².